The number of carbonyl (C=O) groups is 1. The molecular weight excluding hydrogens is 245 g/mol. The topological polar surface area (TPSA) is 104 Å². The molecule has 8 heteroatoms. The molecule has 98 valence electrons. The summed E-state index contributed by atoms with van der Waals surface area (Å²) in [5, 5.41) is 11.9. The van der Waals surface area contributed by atoms with Crippen LogP contribution in [0.25, 0.3) is 0 Å². The molecule has 1 aliphatic carbocycles. The zero-order chi connectivity index (χ0) is 13.3. The summed E-state index contributed by atoms with van der Waals surface area (Å²) in [4.78, 5) is 35.1. The molecule has 0 saturated heterocycles. The van der Waals surface area contributed by atoms with Crippen LogP contribution >= 0.6 is 0 Å². The van der Waals surface area contributed by atoms with Crippen molar-refractivity contribution in [1.29, 1.82) is 0 Å². The van der Waals surface area contributed by atoms with Crippen molar-refractivity contribution in [2.75, 3.05) is 6.54 Å². The molecule has 1 aliphatic rings. The minimum Gasteiger partial charge on any atom is -0.492 e. The number of aromatic amines is 1. The molecule has 1 saturated carbocycles. The van der Waals surface area contributed by atoms with Gasteiger partial charge < -0.3 is 10.4 Å². The molecule has 0 spiro atoms. The third-order valence-corrected chi connectivity index (χ3v) is 2.70. The molecule has 0 bridgehead atoms. The summed E-state index contributed by atoms with van der Waals surface area (Å²) >= 11 is 0. The molecule has 0 atom stereocenters. The minimum atomic E-state index is -1.41. The number of nitrogens with one attached hydrogen (secondary N) is 2. The van der Waals surface area contributed by atoms with Crippen LogP contribution in [0.4, 0.5) is 4.39 Å². The van der Waals surface area contributed by atoms with Gasteiger partial charge in [-0.2, -0.15) is 4.39 Å². The molecule has 3 N–H and O–H groups in total. The highest BCUT2D eigenvalue weighted by Gasteiger charge is 2.29. The molecule has 7 nitrogen and oxygen atoms in total. The van der Waals surface area contributed by atoms with Crippen molar-refractivity contribution in [2.24, 2.45) is 5.92 Å². The third kappa shape index (κ3) is 2.41. The average Bonchev–Trinajstić information content (AvgIpc) is 3.14. The van der Waals surface area contributed by atoms with Crippen LogP contribution in [0, 0.1) is 11.7 Å². The Balaban J connectivity index is 2.05. The molecule has 0 aromatic carbocycles. The number of carbonyl (C=O) groups excluding carboxylic acids is 1. The quantitative estimate of drug-likeness (QED) is 0.637. The maximum absolute atomic E-state index is 13.1. The predicted octanol–water partition coefficient (Wildman–Crippen LogP) is -1.09. The zero-order valence-corrected chi connectivity index (χ0v) is 9.40. The van der Waals surface area contributed by atoms with Crippen LogP contribution in [0.3, 0.4) is 0 Å². The van der Waals surface area contributed by atoms with Gasteiger partial charge in [-0.15, -0.1) is 0 Å². The van der Waals surface area contributed by atoms with E-state index >= 15 is 0 Å². The number of aromatic nitrogens is 2. The molecule has 1 aromatic rings. The second-order valence-corrected chi connectivity index (χ2v) is 4.11. The summed E-state index contributed by atoms with van der Waals surface area (Å²) in [7, 11) is 0. The molecule has 0 radical (unpaired) electrons. The van der Waals surface area contributed by atoms with E-state index in [4.69, 9.17) is 0 Å². The van der Waals surface area contributed by atoms with Crippen LogP contribution in [0.15, 0.2) is 9.59 Å². The number of hydrogen-bond donors (Lipinski definition) is 3. The maximum Gasteiger partial charge on any atom is 0.331 e. The second kappa shape index (κ2) is 4.63. The van der Waals surface area contributed by atoms with Crippen LogP contribution in [-0.2, 0) is 11.3 Å². The standard InChI is InChI=1S/C10H12FN3O4/c11-6-8(16)13-10(18)14(9(6)17)4-3-12-7(15)5-1-2-5/h5,17H,1-4H2,(H,12,15)(H,13,16,18). The van der Waals surface area contributed by atoms with Gasteiger partial charge in [-0.1, -0.05) is 0 Å². The Kier molecular flexibility index (Phi) is 3.17. The fraction of sp³-hybridized carbons (Fsp3) is 0.500. The average molecular weight is 257 g/mol. The number of halogens is 1. The monoisotopic (exact) mass is 257 g/mol. The van der Waals surface area contributed by atoms with E-state index in [9.17, 15) is 23.9 Å². The number of rotatable bonds is 4. The summed E-state index contributed by atoms with van der Waals surface area (Å²) in [6.45, 7) is -0.0366. The van der Waals surface area contributed by atoms with E-state index in [0.29, 0.717) is 4.57 Å². The van der Waals surface area contributed by atoms with Crippen molar-refractivity contribution in [3.05, 3.63) is 26.7 Å². The number of amides is 1. The summed E-state index contributed by atoms with van der Waals surface area (Å²) in [6.07, 6.45) is 1.70. The Bertz CT molecular complexity index is 588. The number of nitrogens with zero attached hydrogens (tertiary/aromatic N) is 1. The van der Waals surface area contributed by atoms with E-state index in [1.807, 2.05) is 0 Å². The molecule has 18 heavy (non-hydrogen) atoms. The van der Waals surface area contributed by atoms with Gasteiger partial charge in [0.05, 0.1) is 0 Å². The largest absolute Gasteiger partial charge is 0.492 e. The van der Waals surface area contributed by atoms with E-state index in [-0.39, 0.29) is 24.9 Å². The fourth-order valence-corrected chi connectivity index (χ4v) is 1.52. The van der Waals surface area contributed by atoms with E-state index in [2.05, 4.69) is 5.32 Å². The van der Waals surface area contributed by atoms with Crippen LogP contribution in [0.2, 0.25) is 0 Å². The van der Waals surface area contributed by atoms with Gasteiger partial charge >= 0.3 is 5.69 Å². The van der Waals surface area contributed by atoms with Gasteiger partial charge in [0.1, 0.15) is 0 Å². The predicted molar refractivity (Wildman–Crippen MR) is 58.7 cm³/mol. The van der Waals surface area contributed by atoms with Gasteiger partial charge in [0.25, 0.3) is 5.56 Å². The Hall–Kier alpha value is -2.12. The van der Waals surface area contributed by atoms with Gasteiger partial charge in [0.2, 0.25) is 17.6 Å². The van der Waals surface area contributed by atoms with Crippen molar-refractivity contribution < 1.29 is 14.3 Å². The Morgan fingerprint density at radius 1 is 1.50 bits per heavy atom. The fourth-order valence-electron chi connectivity index (χ4n) is 1.52. The lowest BCUT2D eigenvalue weighted by molar-refractivity contribution is -0.122. The highest BCUT2D eigenvalue weighted by Crippen LogP contribution is 2.28. The van der Waals surface area contributed by atoms with Crippen molar-refractivity contribution in [3.63, 3.8) is 0 Å². The van der Waals surface area contributed by atoms with Gasteiger partial charge in [0.15, 0.2) is 0 Å². The smallest absolute Gasteiger partial charge is 0.331 e. The van der Waals surface area contributed by atoms with E-state index in [1.165, 1.54) is 0 Å². The summed E-state index contributed by atoms with van der Waals surface area (Å²) < 4.78 is 13.7. The van der Waals surface area contributed by atoms with Crippen LogP contribution < -0.4 is 16.6 Å². The zero-order valence-electron chi connectivity index (χ0n) is 9.40. The molecule has 1 fully saturated rings. The summed E-state index contributed by atoms with van der Waals surface area (Å²) in [5.41, 5.74) is -2.18. The van der Waals surface area contributed by atoms with Crippen molar-refractivity contribution in [2.45, 2.75) is 19.4 Å². The highest BCUT2D eigenvalue weighted by atomic mass is 19.1. The molecule has 0 aliphatic heterocycles. The molecule has 1 aromatic heterocycles. The van der Waals surface area contributed by atoms with E-state index in [1.54, 1.807) is 4.98 Å². The molecule has 0 unspecified atom stereocenters. The number of H-pyrrole nitrogens is 1. The molecular formula is C10H12FN3O4. The van der Waals surface area contributed by atoms with Crippen molar-refractivity contribution >= 4 is 5.91 Å². The normalized spacial score (nSPS) is 14.5. The van der Waals surface area contributed by atoms with E-state index in [0.717, 1.165) is 12.8 Å². The van der Waals surface area contributed by atoms with Crippen LogP contribution in [0.5, 0.6) is 5.88 Å². The highest BCUT2D eigenvalue weighted by molar-refractivity contribution is 5.80. The number of aromatic hydroxyl groups is 1. The van der Waals surface area contributed by atoms with Crippen molar-refractivity contribution in [1.82, 2.24) is 14.9 Å². The molecule has 1 amide bonds. The second-order valence-electron chi connectivity index (χ2n) is 4.11. The molecule has 2 rings (SSSR count). The Morgan fingerprint density at radius 2 is 2.17 bits per heavy atom. The van der Waals surface area contributed by atoms with Crippen LogP contribution in [-0.4, -0.2) is 27.1 Å². The lowest BCUT2D eigenvalue weighted by Crippen LogP contribution is -2.36. The molecule has 1 heterocycles. The van der Waals surface area contributed by atoms with E-state index < -0.39 is 22.9 Å². The third-order valence-electron chi connectivity index (χ3n) is 2.70. The first-order valence-corrected chi connectivity index (χ1v) is 5.50. The first kappa shape index (κ1) is 12.3. The number of hydrogen-bond acceptors (Lipinski definition) is 4. The van der Waals surface area contributed by atoms with Gasteiger partial charge in [-0.25, -0.2) is 4.79 Å². The lowest BCUT2D eigenvalue weighted by Gasteiger charge is -2.08. The van der Waals surface area contributed by atoms with Gasteiger partial charge in [-0.05, 0) is 12.8 Å². The summed E-state index contributed by atoms with van der Waals surface area (Å²) in [6, 6.07) is 0. The summed E-state index contributed by atoms with van der Waals surface area (Å²) in [5.74, 6) is -2.53. The Labute approximate surface area is 100 Å². The first-order valence-electron chi connectivity index (χ1n) is 5.50. The lowest BCUT2D eigenvalue weighted by atomic mass is 10.4. The Morgan fingerprint density at radius 3 is 2.78 bits per heavy atom. The van der Waals surface area contributed by atoms with Gasteiger partial charge in [0, 0.05) is 19.0 Å². The SMILES string of the molecule is O=C(NCCn1c(O)c(F)c(=O)[nH]c1=O)C1CC1. The minimum absolute atomic E-state index is 0.0302. The van der Waals surface area contributed by atoms with Crippen molar-refractivity contribution in [3.8, 4) is 5.88 Å². The van der Waals surface area contributed by atoms with Crippen LogP contribution in [0.1, 0.15) is 12.8 Å². The maximum atomic E-state index is 13.1. The first-order chi connectivity index (χ1) is 8.50. The van der Waals surface area contributed by atoms with Gasteiger partial charge in [-0.3, -0.25) is 19.1 Å².